The van der Waals surface area contributed by atoms with Crippen LogP contribution < -0.4 is 24.0 Å². The van der Waals surface area contributed by atoms with E-state index in [1.807, 2.05) is 21.1 Å². The van der Waals surface area contributed by atoms with Crippen molar-refractivity contribution < 1.29 is 47.7 Å². The molecule has 0 aliphatic carbocycles. The molecule has 0 aromatic heterocycles. The summed E-state index contributed by atoms with van der Waals surface area (Å²) in [7, 11) is 6.08. The molecule has 0 saturated carbocycles. The van der Waals surface area contributed by atoms with Gasteiger partial charge in [-0.05, 0) is 0 Å². The Morgan fingerprint density at radius 2 is 1.72 bits per heavy atom. The van der Waals surface area contributed by atoms with E-state index in [-0.39, 0.29) is 43.2 Å². The van der Waals surface area contributed by atoms with Gasteiger partial charge in [0, 0.05) is 19.3 Å². The van der Waals surface area contributed by atoms with E-state index in [4.69, 9.17) is 4.84 Å². The van der Waals surface area contributed by atoms with Gasteiger partial charge in [-0.25, -0.2) is 4.79 Å². The van der Waals surface area contributed by atoms with E-state index < -0.39 is 17.8 Å². The van der Waals surface area contributed by atoms with Crippen molar-refractivity contribution in [1.82, 2.24) is 5.06 Å². The lowest BCUT2D eigenvalue weighted by atomic mass is 10.3. The van der Waals surface area contributed by atoms with E-state index >= 15 is 0 Å². The van der Waals surface area contributed by atoms with Crippen molar-refractivity contribution in [3.05, 3.63) is 0 Å². The molecule has 2 amide bonds. The molecule has 1 heterocycles. The predicted molar refractivity (Wildman–Crippen MR) is 59.3 cm³/mol. The molecule has 0 N–H and O–H groups in total. The molecule has 0 aromatic carbocycles. The lowest BCUT2D eigenvalue weighted by Crippen LogP contribution is -3.00. The smallest absolute Gasteiger partial charge is 0.333 e. The molecule has 0 radical (unpaired) electrons. The summed E-state index contributed by atoms with van der Waals surface area (Å²) in [5.41, 5.74) is 0. The first-order valence-corrected chi connectivity index (χ1v) is 5.66. The highest BCUT2D eigenvalue weighted by atomic mass is 127. The maximum Gasteiger partial charge on any atom is 0.333 e. The van der Waals surface area contributed by atoms with Crippen molar-refractivity contribution in [2.75, 3.05) is 27.7 Å². The van der Waals surface area contributed by atoms with Gasteiger partial charge in [0.25, 0.3) is 11.8 Å². The molecule has 0 unspecified atom stereocenters. The number of carbonyl (C=O) groups excluding carboxylic acids is 3. The summed E-state index contributed by atoms with van der Waals surface area (Å²) < 4.78 is 0.759. The Kier molecular flexibility index (Phi) is 6.76. The summed E-state index contributed by atoms with van der Waals surface area (Å²) in [5.74, 6) is -1.40. The molecule has 0 atom stereocenters. The van der Waals surface area contributed by atoms with Crippen LogP contribution in [0.2, 0.25) is 0 Å². The number of hydrogen-bond acceptors (Lipinski definition) is 4. The van der Waals surface area contributed by atoms with Gasteiger partial charge in [-0.3, -0.25) is 9.59 Å². The first-order chi connectivity index (χ1) is 7.79. The Morgan fingerprint density at radius 1 is 1.22 bits per heavy atom. The van der Waals surface area contributed by atoms with Crippen molar-refractivity contribution >= 4 is 17.8 Å². The molecule has 18 heavy (non-hydrogen) atoms. The van der Waals surface area contributed by atoms with Crippen molar-refractivity contribution in [3.63, 3.8) is 0 Å². The maximum absolute atomic E-state index is 11.4. The Bertz CT molecular complexity index is 322. The Morgan fingerprint density at radius 3 is 2.17 bits per heavy atom. The van der Waals surface area contributed by atoms with Crippen LogP contribution in [0, 0.1) is 0 Å². The summed E-state index contributed by atoms with van der Waals surface area (Å²) in [6.45, 7) is 0.830. The van der Waals surface area contributed by atoms with Crippen LogP contribution in [0.3, 0.4) is 0 Å². The molecule has 0 bridgehead atoms. The Labute approximate surface area is 124 Å². The zero-order valence-corrected chi connectivity index (χ0v) is 13.1. The van der Waals surface area contributed by atoms with Gasteiger partial charge in [0.2, 0.25) is 0 Å². The molecular weight excluding hydrogens is 351 g/mol. The van der Waals surface area contributed by atoms with Crippen LogP contribution in [0.15, 0.2) is 0 Å². The van der Waals surface area contributed by atoms with Gasteiger partial charge in [0.05, 0.1) is 34.1 Å². The molecule has 1 aliphatic rings. The van der Waals surface area contributed by atoms with Gasteiger partial charge in [-0.15, -0.1) is 5.06 Å². The maximum atomic E-state index is 11.4. The number of imide groups is 1. The molecule has 1 aliphatic heterocycles. The summed E-state index contributed by atoms with van der Waals surface area (Å²) in [6, 6.07) is 0. The zero-order chi connectivity index (χ0) is 13.1. The van der Waals surface area contributed by atoms with E-state index in [1.54, 1.807) is 0 Å². The highest BCUT2D eigenvalue weighted by Crippen LogP contribution is 2.13. The van der Waals surface area contributed by atoms with Gasteiger partial charge >= 0.3 is 5.97 Å². The number of hydroxylamine groups is 2. The zero-order valence-electron chi connectivity index (χ0n) is 10.9. The monoisotopic (exact) mass is 370 g/mol. The molecule has 104 valence electrons. The van der Waals surface area contributed by atoms with Gasteiger partial charge in [-0.1, -0.05) is 0 Å². The second kappa shape index (κ2) is 7.03. The molecule has 7 heteroatoms. The van der Waals surface area contributed by atoms with Crippen LogP contribution in [0.1, 0.15) is 25.7 Å². The molecule has 0 spiro atoms. The fourth-order valence-electron chi connectivity index (χ4n) is 1.50. The minimum absolute atomic E-state index is 0. The van der Waals surface area contributed by atoms with E-state index in [0.717, 1.165) is 11.0 Å². The van der Waals surface area contributed by atoms with Crippen LogP contribution in [0.25, 0.3) is 0 Å². The molecule has 0 aromatic rings. The van der Waals surface area contributed by atoms with Gasteiger partial charge < -0.3 is 33.3 Å². The molecule has 6 nitrogen and oxygen atoms in total. The summed E-state index contributed by atoms with van der Waals surface area (Å²) in [6.07, 6.45) is 1.14. The number of amides is 2. The van der Waals surface area contributed by atoms with Crippen LogP contribution in [-0.2, 0) is 19.2 Å². The predicted octanol–water partition coefficient (Wildman–Crippen LogP) is -2.92. The SMILES string of the molecule is C[N+](C)(C)CCCC(=O)ON1C(=O)CCC1=O.[I-]. The van der Waals surface area contributed by atoms with Crippen molar-refractivity contribution in [2.24, 2.45) is 0 Å². The standard InChI is InChI=1S/C11H19N2O4.HI/c1-13(2,3)8-4-5-11(16)17-12-9(14)6-7-10(12)15;/h4-8H2,1-3H3;1H/q+1;/p-1. The number of rotatable bonds is 5. The number of hydrogen-bond donors (Lipinski definition) is 0. The first-order valence-electron chi connectivity index (χ1n) is 5.66. The first kappa shape index (κ1) is 17.3. The van der Waals surface area contributed by atoms with Crippen LogP contribution >= 0.6 is 0 Å². The third-order valence-electron chi connectivity index (χ3n) is 2.41. The lowest BCUT2D eigenvalue weighted by molar-refractivity contribution is -0.870. The highest BCUT2D eigenvalue weighted by molar-refractivity contribution is 6.01. The number of halogens is 1. The van der Waals surface area contributed by atoms with E-state index in [2.05, 4.69) is 0 Å². The summed E-state index contributed by atoms with van der Waals surface area (Å²) in [5, 5.41) is 0.592. The van der Waals surface area contributed by atoms with Crippen molar-refractivity contribution in [3.8, 4) is 0 Å². The Hall–Kier alpha value is -0.700. The van der Waals surface area contributed by atoms with Gasteiger partial charge in [0.1, 0.15) is 0 Å². The van der Waals surface area contributed by atoms with Crippen molar-refractivity contribution in [2.45, 2.75) is 25.7 Å². The minimum atomic E-state index is -0.526. The second-order valence-electron chi connectivity index (χ2n) is 5.16. The van der Waals surface area contributed by atoms with E-state index in [9.17, 15) is 14.4 Å². The van der Waals surface area contributed by atoms with Crippen LogP contribution in [0.4, 0.5) is 0 Å². The van der Waals surface area contributed by atoms with E-state index in [0.29, 0.717) is 11.5 Å². The van der Waals surface area contributed by atoms with E-state index in [1.165, 1.54) is 0 Å². The summed E-state index contributed by atoms with van der Waals surface area (Å²) in [4.78, 5) is 38.5. The third-order valence-corrected chi connectivity index (χ3v) is 2.41. The fourth-order valence-corrected chi connectivity index (χ4v) is 1.50. The topological polar surface area (TPSA) is 63.7 Å². The second-order valence-corrected chi connectivity index (χ2v) is 5.16. The average molecular weight is 370 g/mol. The summed E-state index contributed by atoms with van der Waals surface area (Å²) >= 11 is 0. The average Bonchev–Trinajstić information content (AvgIpc) is 2.47. The number of quaternary nitrogens is 1. The molecule has 1 rings (SSSR count). The lowest BCUT2D eigenvalue weighted by Gasteiger charge is -2.23. The Balaban J connectivity index is 0.00000289. The van der Waals surface area contributed by atoms with Crippen LogP contribution in [0.5, 0.6) is 0 Å². The fraction of sp³-hybridized carbons (Fsp3) is 0.727. The van der Waals surface area contributed by atoms with Gasteiger partial charge in [-0.2, -0.15) is 0 Å². The van der Waals surface area contributed by atoms with Crippen molar-refractivity contribution in [1.29, 1.82) is 0 Å². The minimum Gasteiger partial charge on any atom is -1.00 e. The quantitative estimate of drug-likeness (QED) is 0.296. The number of nitrogens with zero attached hydrogens (tertiary/aromatic N) is 2. The normalized spacial score (nSPS) is 15.6. The van der Waals surface area contributed by atoms with Crippen LogP contribution in [-0.4, -0.2) is 55.0 Å². The third kappa shape index (κ3) is 5.76. The van der Waals surface area contributed by atoms with Gasteiger partial charge in [0.15, 0.2) is 0 Å². The number of carbonyl (C=O) groups is 3. The molecule has 1 fully saturated rings. The highest BCUT2D eigenvalue weighted by Gasteiger charge is 2.32. The largest absolute Gasteiger partial charge is 1.00 e. The molecule has 1 saturated heterocycles. The molecular formula is C11H19IN2O4.